The van der Waals surface area contributed by atoms with Crippen LogP contribution in [0.15, 0.2) is 12.7 Å². The summed E-state index contributed by atoms with van der Waals surface area (Å²) >= 11 is 0. The number of hydrogen-bond donors (Lipinski definition) is 0. The van der Waals surface area contributed by atoms with Gasteiger partial charge >= 0.3 is 0 Å². The van der Waals surface area contributed by atoms with Gasteiger partial charge < -0.3 is 0 Å². The Bertz CT molecular complexity index is 262. The summed E-state index contributed by atoms with van der Waals surface area (Å²) in [6.07, 6.45) is 0.277. The van der Waals surface area contributed by atoms with Crippen molar-refractivity contribution < 1.29 is 12.6 Å². The minimum atomic E-state index is -3.58. The number of nitriles is 1. The smallest absolute Gasteiger partial charge is 0.251 e. The third-order valence-corrected chi connectivity index (χ3v) is 2.02. The third-order valence-electron chi connectivity index (χ3n) is 0.795. The summed E-state index contributed by atoms with van der Waals surface area (Å²) in [4.78, 5) is 0. The summed E-state index contributed by atoms with van der Waals surface area (Å²) < 4.78 is 25.9. The summed E-state index contributed by atoms with van der Waals surface area (Å²) in [5, 5.41) is 8.20. The maximum atomic E-state index is 10.8. The molecule has 62 valence electrons. The average molecular weight is 175 g/mol. The van der Waals surface area contributed by atoms with Crippen LogP contribution in [0.25, 0.3) is 0 Å². The van der Waals surface area contributed by atoms with Crippen molar-refractivity contribution in [2.75, 3.05) is 5.75 Å². The van der Waals surface area contributed by atoms with E-state index < -0.39 is 16.2 Å². The van der Waals surface area contributed by atoms with E-state index >= 15 is 0 Å². The fourth-order valence-corrected chi connectivity index (χ4v) is 1.28. The van der Waals surface area contributed by atoms with E-state index in [1.54, 1.807) is 6.07 Å². The molecular weight excluding hydrogens is 166 g/mol. The van der Waals surface area contributed by atoms with Gasteiger partial charge in [-0.1, -0.05) is 6.08 Å². The summed E-state index contributed by atoms with van der Waals surface area (Å²) in [5.41, 5.74) is 0. The lowest BCUT2D eigenvalue weighted by Crippen LogP contribution is -2.15. The molecule has 5 heteroatoms. The molecule has 0 fully saturated rings. The maximum Gasteiger partial charge on any atom is 0.272 e. The Morgan fingerprint density at radius 1 is 1.82 bits per heavy atom. The van der Waals surface area contributed by atoms with Crippen molar-refractivity contribution in [2.24, 2.45) is 0 Å². The Labute approximate surface area is 66.2 Å². The summed E-state index contributed by atoms with van der Waals surface area (Å²) in [6, 6.07) is 1.64. The van der Waals surface area contributed by atoms with Crippen LogP contribution in [0.3, 0.4) is 0 Å². The lowest BCUT2D eigenvalue weighted by molar-refractivity contribution is 0.282. The Morgan fingerprint density at radius 3 is 2.73 bits per heavy atom. The lowest BCUT2D eigenvalue weighted by Gasteiger charge is -2.02. The predicted molar refractivity (Wildman–Crippen MR) is 40.1 cm³/mol. The zero-order chi connectivity index (χ0) is 8.91. The van der Waals surface area contributed by atoms with E-state index in [9.17, 15) is 8.42 Å². The Kier molecular flexibility index (Phi) is 3.79. The van der Waals surface area contributed by atoms with Crippen LogP contribution in [0.5, 0.6) is 0 Å². The van der Waals surface area contributed by atoms with Crippen LogP contribution in [-0.2, 0) is 14.3 Å². The van der Waals surface area contributed by atoms with E-state index in [4.69, 9.17) is 5.26 Å². The molecule has 0 aromatic heterocycles. The highest BCUT2D eigenvalue weighted by molar-refractivity contribution is 7.86. The van der Waals surface area contributed by atoms with Gasteiger partial charge in [0.15, 0.2) is 6.10 Å². The van der Waals surface area contributed by atoms with E-state index in [-0.39, 0.29) is 5.75 Å². The quantitative estimate of drug-likeness (QED) is 0.459. The number of hydrogen-bond acceptors (Lipinski definition) is 4. The molecule has 0 radical (unpaired) electrons. The van der Waals surface area contributed by atoms with Gasteiger partial charge in [0.1, 0.15) is 0 Å². The van der Waals surface area contributed by atoms with Crippen LogP contribution in [0, 0.1) is 11.3 Å². The van der Waals surface area contributed by atoms with E-state index in [1.807, 2.05) is 0 Å². The first-order valence-electron chi connectivity index (χ1n) is 2.93. The molecule has 0 rings (SSSR count). The van der Waals surface area contributed by atoms with Crippen molar-refractivity contribution in [3.8, 4) is 6.07 Å². The van der Waals surface area contributed by atoms with Gasteiger partial charge in [-0.25, -0.2) is 0 Å². The molecule has 0 aromatic carbocycles. The van der Waals surface area contributed by atoms with Crippen LogP contribution in [0.2, 0.25) is 0 Å². The minimum Gasteiger partial charge on any atom is -0.251 e. The van der Waals surface area contributed by atoms with E-state index in [2.05, 4.69) is 10.8 Å². The standard InChI is InChI=1S/C6H9NO3S/c1-3-4-11(8,9)10-6(2)5-7/h3,6H,1,4H2,2H3. The maximum absolute atomic E-state index is 10.8. The molecule has 11 heavy (non-hydrogen) atoms. The monoisotopic (exact) mass is 175 g/mol. The van der Waals surface area contributed by atoms with Gasteiger partial charge in [-0.05, 0) is 6.92 Å². The molecule has 1 atom stereocenters. The van der Waals surface area contributed by atoms with Gasteiger partial charge in [0.25, 0.3) is 10.1 Å². The van der Waals surface area contributed by atoms with Crippen molar-refractivity contribution >= 4 is 10.1 Å². The third kappa shape index (κ3) is 4.53. The van der Waals surface area contributed by atoms with Crippen molar-refractivity contribution in [3.63, 3.8) is 0 Å². The molecular formula is C6H9NO3S. The molecule has 0 aromatic rings. The van der Waals surface area contributed by atoms with Crippen LogP contribution < -0.4 is 0 Å². The normalized spacial score (nSPS) is 13.5. The number of rotatable bonds is 4. The van der Waals surface area contributed by atoms with Crippen LogP contribution in [-0.4, -0.2) is 20.3 Å². The second-order valence-corrected chi connectivity index (χ2v) is 3.52. The van der Waals surface area contributed by atoms with E-state index in [0.717, 1.165) is 0 Å². The molecule has 0 aliphatic heterocycles. The highest BCUT2D eigenvalue weighted by Crippen LogP contribution is 1.98. The molecule has 1 unspecified atom stereocenters. The molecule has 0 amide bonds. The summed E-state index contributed by atoms with van der Waals surface area (Å²) in [5.74, 6) is -0.265. The van der Waals surface area contributed by atoms with Gasteiger partial charge in [-0.2, -0.15) is 13.7 Å². The second-order valence-electron chi connectivity index (χ2n) is 1.88. The van der Waals surface area contributed by atoms with Crippen LogP contribution >= 0.6 is 0 Å². The first-order chi connectivity index (χ1) is 5.02. The number of nitrogens with zero attached hydrogens (tertiary/aromatic N) is 1. The van der Waals surface area contributed by atoms with Crippen molar-refractivity contribution in [3.05, 3.63) is 12.7 Å². The summed E-state index contributed by atoms with van der Waals surface area (Å²) in [7, 11) is -3.58. The van der Waals surface area contributed by atoms with Crippen molar-refractivity contribution in [1.82, 2.24) is 0 Å². The highest BCUT2D eigenvalue weighted by atomic mass is 32.2. The summed E-state index contributed by atoms with van der Waals surface area (Å²) in [6.45, 7) is 4.60. The molecule has 0 aliphatic carbocycles. The molecule has 4 nitrogen and oxygen atoms in total. The fourth-order valence-electron chi connectivity index (χ4n) is 0.425. The fraction of sp³-hybridized carbons (Fsp3) is 0.500. The largest absolute Gasteiger partial charge is 0.272 e. The molecule has 0 aliphatic rings. The van der Waals surface area contributed by atoms with Crippen LogP contribution in [0.4, 0.5) is 0 Å². The minimum absolute atomic E-state index is 0.265. The van der Waals surface area contributed by atoms with Gasteiger partial charge in [0.2, 0.25) is 0 Å². The Morgan fingerprint density at radius 2 is 2.36 bits per heavy atom. The lowest BCUT2D eigenvalue weighted by atomic mass is 10.5. The predicted octanol–water partition coefficient (Wildman–Crippen LogP) is 0.431. The zero-order valence-electron chi connectivity index (χ0n) is 6.15. The Hall–Kier alpha value is -0.860. The Balaban J connectivity index is 4.16. The van der Waals surface area contributed by atoms with Gasteiger partial charge in [-0.15, -0.1) is 6.58 Å². The topological polar surface area (TPSA) is 67.2 Å². The van der Waals surface area contributed by atoms with Gasteiger partial charge in [-0.3, -0.25) is 4.18 Å². The molecule has 0 bridgehead atoms. The molecule has 0 saturated heterocycles. The van der Waals surface area contributed by atoms with Crippen molar-refractivity contribution in [1.29, 1.82) is 5.26 Å². The first kappa shape index (κ1) is 10.1. The van der Waals surface area contributed by atoms with Gasteiger partial charge in [0.05, 0.1) is 11.8 Å². The van der Waals surface area contributed by atoms with Crippen molar-refractivity contribution in [2.45, 2.75) is 13.0 Å². The second kappa shape index (κ2) is 4.11. The van der Waals surface area contributed by atoms with Gasteiger partial charge in [0, 0.05) is 0 Å². The SMILES string of the molecule is C=CCS(=O)(=O)OC(C)C#N. The molecule has 0 heterocycles. The highest BCUT2D eigenvalue weighted by Gasteiger charge is 2.12. The molecule has 0 N–H and O–H groups in total. The zero-order valence-corrected chi connectivity index (χ0v) is 6.97. The molecule has 0 saturated carbocycles. The first-order valence-corrected chi connectivity index (χ1v) is 4.51. The van der Waals surface area contributed by atoms with Crippen LogP contribution in [0.1, 0.15) is 6.92 Å². The molecule has 0 spiro atoms. The van der Waals surface area contributed by atoms with E-state index in [0.29, 0.717) is 0 Å². The van der Waals surface area contributed by atoms with E-state index in [1.165, 1.54) is 13.0 Å². The average Bonchev–Trinajstić information content (AvgIpc) is 1.86.